The molecular weight excluding hydrogens is 286 g/mol. The predicted octanol–water partition coefficient (Wildman–Crippen LogP) is 3.98. The van der Waals surface area contributed by atoms with E-state index in [-0.39, 0.29) is 0 Å². The Balaban J connectivity index is 1.92. The van der Waals surface area contributed by atoms with Gasteiger partial charge in [-0.3, -0.25) is 0 Å². The van der Waals surface area contributed by atoms with Crippen molar-refractivity contribution in [2.45, 2.75) is 33.9 Å². The highest BCUT2D eigenvalue weighted by molar-refractivity contribution is 7.15. The molecule has 0 fully saturated rings. The van der Waals surface area contributed by atoms with E-state index in [1.807, 2.05) is 17.5 Å². The number of nitrogens with zero attached hydrogens (tertiary/aromatic N) is 2. The lowest BCUT2D eigenvalue weighted by Crippen LogP contribution is -2.21. The van der Waals surface area contributed by atoms with Gasteiger partial charge in [-0.05, 0) is 30.8 Å². The van der Waals surface area contributed by atoms with Crippen molar-refractivity contribution in [1.82, 2.24) is 10.3 Å². The van der Waals surface area contributed by atoms with Gasteiger partial charge in [0.25, 0.3) is 0 Å². The molecule has 0 spiro atoms. The topological polar surface area (TPSA) is 28.2 Å². The smallest absolute Gasteiger partial charge is 0.185 e. The summed E-state index contributed by atoms with van der Waals surface area (Å²) < 4.78 is 0. The molecule has 0 aliphatic rings. The fraction of sp³-hybridized carbons (Fsp3) is 0.533. The van der Waals surface area contributed by atoms with Crippen LogP contribution in [0.2, 0.25) is 0 Å². The van der Waals surface area contributed by atoms with Crippen LogP contribution in [0.1, 0.15) is 30.5 Å². The van der Waals surface area contributed by atoms with E-state index in [1.54, 1.807) is 11.3 Å². The van der Waals surface area contributed by atoms with Crippen LogP contribution in [0.3, 0.4) is 0 Å². The first kappa shape index (κ1) is 15.5. The summed E-state index contributed by atoms with van der Waals surface area (Å²) in [6, 6.07) is 4.29. The molecule has 1 N–H and O–H groups in total. The van der Waals surface area contributed by atoms with E-state index < -0.39 is 0 Å². The molecule has 0 bridgehead atoms. The van der Waals surface area contributed by atoms with Crippen molar-refractivity contribution in [2.24, 2.45) is 5.92 Å². The second-order valence-electron chi connectivity index (χ2n) is 5.23. The third-order valence-corrected chi connectivity index (χ3v) is 4.89. The molecular formula is C15H23N3S2. The monoisotopic (exact) mass is 309 g/mol. The molecule has 2 aromatic rings. The third-order valence-electron chi connectivity index (χ3n) is 2.97. The maximum Gasteiger partial charge on any atom is 0.185 e. The van der Waals surface area contributed by atoms with E-state index in [0.29, 0.717) is 5.92 Å². The minimum Gasteiger partial charge on any atom is -0.343 e. The molecule has 0 saturated carbocycles. The number of thiazole rings is 1. The van der Waals surface area contributed by atoms with E-state index in [9.17, 15) is 0 Å². The minimum absolute atomic E-state index is 0.688. The van der Waals surface area contributed by atoms with Crippen LogP contribution in [0.5, 0.6) is 0 Å². The lowest BCUT2D eigenvalue weighted by molar-refractivity contribution is 0.554. The van der Waals surface area contributed by atoms with Gasteiger partial charge in [-0.25, -0.2) is 4.98 Å². The first-order valence-electron chi connectivity index (χ1n) is 7.11. The molecule has 0 unspecified atom stereocenters. The number of hydrogen-bond donors (Lipinski definition) is 1. The molecule has 2 heterocycles. The maximum atomic E-state index is 4.57. The van der Waals surface area contributed by atoms with E-state index in [0.717, 1.165) is 31.3 Å². The van der Waals surface area contributed by atoms with Gasteiger partial charge in [-0.15, -0.1) is 22.7 Å². The molecule has 0 aliphatic carbocycles. The molecule has 0 aromatic carbocycles. The van der Waals surface area contributed by atoms with Gasteiger partial charge in [0, 0.05) is 29.0 Å². The van der Waals surface area contributed by atoms with E-state index in [1.165, 1.54) is 9.75 Å². The number of rotatable bonds is 8. The molecule has 0 radical (unpaired) electrons. The molecule has 3 nitrogen and oxygen atoms in total. The minimum atomic E-state index is 0.688. The van der Waals surface area contributed by atoms with Gasteiger partial charge in [0.1, 0.15) is 0 Å². The summed E-state index contributed by atoms with van der Waals surface area (Å²) in [5.74, 6) is 0.688. The quantitative estimate of drug-likeness (QED) is 0.799. The zero-order valence-corrected chi connectivity index (χ0v) is 14.1. The summed E-state index contributed by atoms with van der Waals surface area (Å²) in [4.78, 5) is 9.61. The second kappa shape index (κ2) is 7.76. The number of aromatic nitrogens is 1. The van der Waals surface area contributed by atoms with Gasteiger partial charge in [0.15, 0.2) is 5.13 Å². The van der Waals surface area contributed by atoms with Gasteiger partial charge >= 0.3 is 0 Å². The number of thiophene rings is 1. The van der Waals surface area contributed by atoms with Crippen LogP contribution in [-0.4, -0.2) is 18.1 Å². The molecule has 5 heteroatoms. The standard InChI is InChI=1S/C15H23N3S2/c1-4-18(11-13-6-5-7-19-13)15-17-10-14(20-15)9-16-8-12(2)3/h5-7,10,12,16H,4,8-9,11H2,1-3H3. The summed E-state index contributed by atoms with van der Waals surface area (Å²) in [6.07, 6.45) is 2.00. The largest absolute Gasteiger partial charge is 0.343 e. The van der Waals surface area contributed by atoms with Crippen molar-refractivity contribution >= 4 is 27.8 Å². The number of nitrogens with one attached hydrogen (secondary N) is 1. The Morgan fingerprint density at radius 3 is 2.85 bits per heavy atom. The fourth-order valence-electron chi connectivity index (χ4n) is 1.91. The van der Waals surface area contributed by atoms with E-state index in [4.69, 9.17) is 0 Å². The van der Waals surface area contributed by atoms with Crippen LogP contribution in [0, 0.1) is 5.92 Å². The Morgan fingerprint density at radius 2 is 2.20 bits per heavy atom. The lowest BCUT2D eigenvalue weighted by atomic mass is 10.2. The van der Waals surface area contributed by atoms with Crippen LogP contribution in [0.4, 0.5) is 5.13 Å². The zero-order chi connectivity index (χ0) is 14.4. The van der Waals surface area contributed by atoms with Crippen molar-refractivity contribution in [3.05, 3.63) is 33.5 Å². The highest BCUT2D eigenvalue weighted by Crippen LogP contribution is 2.25. The third kappa shape index (κ3) is 4.58. The average molecular weight is 310 g/mol. The van der Waals surface area contributed by atoms with E-state index >= 15 is 0 Å². The van der Waals surface area contributed by atoms with Crippen LogP contribution in [0.15, 0.2) is 23.7 Å². The second-order valence-corrected chi connectivity index (χ2v) is 7.35. The van der Waals surface area contributed by atoms with Crippen LogP contribution >= 0.6 is 22.7 Å². The summed E-state index contributed by atoms with van der Waals surface area (Å²) >= 11 is 3.60. The molecule has 110 valence electrons. The molecule has 2 rings (SSSR count). The van der Waals surface area contributed by atoms with Crippen molar-refractivity contribution in [3.8, 4) is 0 Å². The Labute approximate surface area is 129 Å². The van der Waals surface area contributed by atoms with Gasteiger partial charge in [-0.1, -0.05) is 19.9 Å². The SMILES string of the molecule is CCN(Cc1cccs1)c1ncc(CNCC(C)C)s1. The van der Waals surface area contributed by atoms with Crippen molar-refractivity contribution in [3.63, 3.8) is 0 Å². The van der Waals surface area contributed by atoms with Gasteiger partial charge < -0.3 is 10.2 Å². The van der Waals surface area contributed by atoms with Crippen LogP contribution in [-0.2, 0) is 13.1 Å². The normalized spacial score (nSPS) is 11.2. The van der Waals surface area contributed by atoms with Crippen molar-refractivity contribution in [1.29, 1.82) is 0 Å². The Hall–Kier alpha value is -0.910. The summed E-state index contributed by atoms with van der Waals surface area (Å²) in [6.45, 7) is 10.6. The lowest BCUT2D eigenvalue weighted by Gasteiger charge is -2.18. The number of hydrogen-bond acceptors (Lipinski definition) is 5. The highest BCUT2D eigenvalue weighted by atomic mass is 32.1. The van der Waals surface area contributed by atoms with Crippen LogP contribution < -0.4 is 10.2 Å². The Bertz CT molecular complexity index is 491. The van der Waals surface area contributed by atoms with Crippen molar-refractivity contribution in [2.75, 3.05) is 18.0 Å². The maximum absolute atomic E-state index is 4.57. The summed E-state index contributed by atoms with van der Waals surface area (Å²) in [5, 5.41) is 6.73. The van der Waals surface area contributed by atoms with E-state index in [2.05, 4.69) is 53.5 Å². The predicted molar refractivity (Wildman–Crippen MR) is 89.7 cm³/mol. The molecule has 0 aliphatic heterocycles. The zero-order valence-electron chi connectivity index (χ0n) is 12.4. The Kier molecular flexibility index (Phi) is 6.01. The van der Waals surface area contributed by atoms with Crippen LogP contribution in [0.25, 0.3) is 0 Å². The molecule has 0 saturated heterocycles. The molecule has 20 heavy (non-hydrogen) atoms. The fourth-order valence-corrected chi connectivity index (χ4v) is 3.58. The first-order chi connectivity index (χ1) is 9.69. The van der Waals surface area contributed by atoms with Gasteiger partial charge in [0.2, 0.25) is 0 Å². The van der Waals surface area contributed by atoms with Gasteiger partial charge in [0.05, 0.1) is 6.54 Å². The summed E-state index contributed by atoms with van der Waals surface area (Å²) in [5.41, 5.74) is 0. The Morgan fingerprint density at radius 1 is 1.35 bits per heavy atom. The molecule has 0 atom stereocenters. The number of anilines is 1. The van der Waals surface area contributed by atoms with Crippen molar-refractivity contribution < 1.29 is 0 Å². The molecule has 2 aromatic heterocycles. The first-order valence-corrected chi connectivity index (χ1v) is 8.81. The summed E-state index contributed by atoms with van der Waals surface area (Å²) in [7, 11) is 0. The highest BCUT2D eigenvalue weighted by Gasteiger charge is 2.10. The average Bonchev–Trinajstić information content (AvgIpc) is 3.06. The van der Waals surface area contributed by atoms with Gasteiger partial charge in [-0.2, -0.15) is 0 Å². The molecule has 0 amide bonds.